The van der Waals surface area contributed by atoms with E-state index in [1.54, 1.807) is 0 Å². The Bertz CT molecular complexity index is 617. The van der Waals surface area contributed by atoms with Gasteiger partial charge in [-0.15, -0.1) is 10.2 Å². The molecule has 88 valence electrons. The third-order valence-electron chi connectivity index (χ3n) is 2.84. The maximum absolute atomic E-state index is 4.00. The van der Waals surface area contributed by atoms with Crippen molar-refractivity contribution in [3.05, 3.63) is 66.0 Å². The molecule has 3 aromatic rings. The monoisotopic (exact) mass is 236 g/mol. The van der Waals surface area contributed by atoms with Gasteiger partial charge in [-0.05, 0) is 16.7 Å². The first-order valence-corrected chi connectivity index (χ1v) is 5.79. The Hall–Kier alpha value is -2.49. The summed E-state index contributed by atoms with van der Waals surface area (Å²) in [6.07, 6.45) is 0.682. The van der Waals surface area contributed by atoms with Crippen LogP contribution in [0.3, 0.4) is 0 Å². The van der Waals surface area contributed by atoms with Crippen molar-refractivity contribution >= 4 is 0 Å². The zero-order valence-electron chi connectivity index (χ0n) is 9.74. The molecule has 0 saturated heterocycles. The number of benzene rings is 2. The lowest BCUT2D eigenvalue weighted by Crippen LogP contribution is -1.94. The Balaban J connectivity index is 2.00. The van der Waals surface area contributed by atoms with Crippen molar-refractivity contribution in [2.75, 3.05) is 0 Å². The normalized spacial score (nSPS) is 10.4. The quantitative estimate of drug-likeness (QED) is 0.760. The number of H-pyrrole nitrogens is 1. The Kier molecular flexibility index (Phi) is 2.84. The smallest absolute Gasteiger partial charge is 0.177 e. The molecule has 3 rings (SSSR count). The van der Waals surface area contributed by atoms with Gasteiger partial charge in [-0.25, -0.2) is 0 Å². The third kappa shape index (κ3) is 2.13. The topological polar surface area (TPSA) is 54.5 Å². The van der Waals surface area contributed by atoms with Gasteiger partial charge in [-0.2, -0.15) is 5.21 Å². The molecule has 0 radical (unpaired) electrons. The lowest BCUT2D eigenvalue weighted by molar-refractivity contribution is 0.881. The largest absolute Gasteiger partial charge is 0.178 e. The van der Waals surface area contributed by atoms with Gasteiger partial charge in [0, 0.05) is 6.42 Å². The predicted molar refractivity (Wildman–Crippen MR) is 68.9 cm³/mol. The number of nitrogens with zero attached hydrogens (tertiary/aromatic N) is 3. The average Bonchev–Trinajstić information content (AvgIpc) is 2.93. The van der Waals surface area contributed by atoms with E-state index in [1.807, 2.05) is 30.3 Å². The highest BCUT2D eigenvalue weighted by atomic mass is 15.5. The van der Waals surface area contributed by atoms with E-state index in [1.165, 1.54) is 16.7 Å². The van der Waals surface area contributed by atoms with Crippen LogP contribution < -0.4 is 0 Å². The molecule has 0 unspecified atom stereocenters. The fraction of sp³-hybridized carbons (Fsp3) is 0.0714. The summed E-state index contributed by atoms with van der Waals surface area (Å²) in [4.78, 5) is 0. The van der Waals surface area contributed by atoms with E-state index in [2.05, 4.69) is 44.9 Å². The number of hydrogen-bond acceptors (Lipinski definition) is 3. The minimum atomic E-state index is 0.682. The van der Waals surface area contributed by atoms with Gasteiger partial charge in [0.2, 0.25) is 0 Å². The van der Waals surface area contributed by atoms with Gasteiger partial charge in [0.1, 0.15) is 0 Å². The van der Waals surface area contributed by atoms with Crippen molar-refractivity contribution in [1.82, 2.24) is 20.6 Å². The van der Waals surface area contributed by atoms with Crippen LogP contribution in [0.25, 0.3) is 11.1 Å². The van der Waals surface area contributed by atoms with E-state index >= 15 is 0 Å². The second-order valence-corrected chi connectivity index (χ2v) is 4.03. The van der Waals surface area contributed by atoms with Gasteiger partial charge in [0.05, 0.1) is 0 Å². The van der Waals surface area contributed by atoms with E-state index in [0.29, 0.717) is 12.2 Å². The number of aromatic amines is 1. The molecule has 18 heavy (non-hydrogen) atoms. The first-order chi connectivity index (χ1) is 8.93. The zero-order valence-corrected chi connectivity index (χ0v) is 9.74. The van der Waals surface area contributed by atoms with E-state index in [-0.39, 0.29) is 0 Å². The molecule has 2 aromatic carbocycles. The molecule has 4 nitrogen and oxygen atoms in total. The molecular weight excluding hydrogens is 224 g/mol. The summed E-state index contributed by atoms with van der Waals surface area (Å²) >= 11 is 0. The number of aromatic nitrogens is 4. The van der Waals surface area contributed by atoms with E-state index < -0.39 is 0 Å². The van der Waals surface area contributed by atoms with Crippen molar-refractivity contribution in [3.8, 4) is 11.1 Å². The van der Waals surface area contributed by atoms with Crippen molar-refractivity contribution in [3.63, 3.8) is 0 Å². The molecule has 0 saturated carbocycles. The highest BCUT2D eigenvalue weighted by Crippen LogP contribution is 2.24. The third-order valence-corrected chi connectivity index (χ3v) is 2.84. The minimum absolute atomic E-state index is 0.682. The molecule has 1 heterocycles. The molecule has 0 atom stereocenters. The van der Waals surface area contributed by atoms with Crippen LogP contribution in [0.2, 0.25) is 0 Å². The van der Waals surface area contributed by atoms with Crippen LogP contribution in [-0.4, -0.2) is 20.6 Å². The van der Waals surface area contributed by atoms with Crippen LogP contribution >= 0.6 is 0 Å². The van der Waals surface area contributed by atoms with Crippen molar-refractivity contribution in [2.45, 2.75) is 6.42 Å². The summed E-state index contributed by atoms with van der Waals surface area (Å²) in [6, 6.07) is 18.6. The van der Waals surface area contributed by atoms with Gasteiger partial charge in [0.15, 0.2) is 5.82 Å². The average molecular weight is 236 g/mol. The molecule has 0 amide bonds. The Morgan fingerprint density at radius 3 is 2.44 bits per heavy atom. The molecular formula is C14H12N4. The fourth-order valence-electron chi connectivity index (χ4n) is 2.00. The van der Waals surface area contributed by atoms with Gasteiger partial charge in [0.25, 0.3) is 0 Å². The van der Waals surface area contributed by atoms with Gasteiger partial charge in [-0.3, -0.25) is 0 Å². The van der Waals surface area contributed by atoms with Gasteiger partial charge < -0.3 is 0 Å². The van der Waals surface area contributed by atoms with Gasteiger partial charge in [-0.1, -0.05) is 59.8 Å². The second kappa shape index (κ2) is 4.79. The summed E-state index contributed by atoms with van der Waals surface area (Å²) in [5.74, 6) is 0.707. The first kappa shape index (κ1) is 10.7. The first-order valence-electron chi connectivity index (χ1n) is 5.79. The Labute approximate surface area is 105 Å². The summed E-state index contributed by atoms with van der Waals surface area (Å²) in [7, 11) is 0. The number of tetrazole rings is 1. The van der Waals surface area contributed by atoms with Crippen LogP contribution in [0.1, 0.15) is 11.4 Å². The molecule has 1 aromatic heterocycles. The highest BCUT2D eigenvalue weighted by Gasteiger charge is 2.07. The molecule has 0 aliphatic rings. The zero-order chi connectivity index (χ0) is 12.2. The summed E-state index contributed by atoms with van der Waals surface area (Å²) in [6.45, 7) is 0. The van der Waals surface area contributed by atoms with Crippen LogP contribution in [0, 0.1) is 0 Å². The molecule has 0 spiro atoms. The number of nitrogens with one attached hydrogen (secondary N) is 1. The fourth-order valence-corrected chi connectivity index (χ4v) is 2.00. The molecule has 0 bridgehead atoms. The maximum Gasteiger partial charge on any atom is 0.178 e. The predicted octanol–water partition coefficient (Wildman–Crippen LogP) is 2.46. The van der Waals surface area contributed by atoms with Crippen molar-refractivity contribution in [2.24, 2.45) is 0 Å². The molecule has 4 heteroatoms. The SMILES string of the molecule is c1ccc(-c2ccccc2Cc2nn[nH]n2)cc1. The van der Waals surface area contributed by atoms with Crippen LogP contribution in [-0.2, 0) is 6.42 Å². The Morgan fingerprint density at radius 2 is 1.67 bits per heavy atom. The summed E-state index contributed by atoms with van der Waals surface area (Å²) < 4.78 is 0. The number of rotatable bonds is 3. The second-order valence-electron chi connectivity index (χ2n) is 4.03. The molecule has 0 fully saturated rings. The van der Waals surface area contributed by atoms with Crippen LogP contribution in [0.4, 0.5) is 0 Å². The number of hydrogen-bond donors (Lipinski definition) is 1. The maximum atomic E-state index is 4.00. The lowest BCUT2D eigenvalue weighted by Gasteiger charge is -2.07. The van der Waals surface area contributed by atoms with Gasteiger partial charge >= 0.3 is 0 Å². The van der Waals surface area contributed by atoms with E-state index in [0.717, 1.165) is 0 Å². The molecule has 0 aliphatic heterocycles. The standard InChI is InChI=1S/C14H12N4/c1-2-6-11(7-3-1)13-9-5-4-8-12(13)10-14-15-17-18-16-14/h1-9H,10H2,(H,15,16,17,18). The highest BCUT2D eigenvalue weighted by molar-refractivity contribution is 5.67. The summed E-state index contributed by atoms with van der Waals surface area (Å²) in [5, 5.41) is 14.1. The van der Waals surface area contributed by atoms with E-state index in [9.17, 15) is 0 Å². The van der Waals surface area contributed by atoms with Crippen molar-refractivity contribution in [1.29, 1.82) is 0 Å². The van der Waals surface area contributed by atoms with Crippen LogP contribution in [0.5, 0.6) is 0 Å². The minimum Gasteiger partial charge on any atom is -0.177 e. The van der Waals surface area contributed by atoms with Crippen LogP contribution in [0.15, 0.2) is 54.6 Å². The summed E-state index contributed by atoms with van der Waals surface area (Å²) in [5.41, 5.74) is 3.62. The van der Waals surface area contributed by atoms with Crippen molar-refractivity contribution < 1.29 is 0 Å². The Morgan fingerprint density at radius 1 is 0.889 bits per heavy atom. The lowest BCUT2D eigenvalue weighted by atomic mass is 9.98. The van der Waals surface area contributed by atoms with E-state index in [4.69, 9.17) is 0 Å². The molecule has 1 N–H and O–H groups in total. The molecule has 0 aliphatic carbocycles.